The molecule has 96 valence electrons. The molecule has 1 aliphatic heterocycles. The zero-order chi connectivity index (χ0) is 13.3. The van der Waals surface area contributed by atoms with Crippen molar-refractivity contribution in [2.24, 2.45) is 0 Å². The molecule has 0 unspecified atom stereocenters. The van der Waals surface area contributed by atoms with Crippen LogP contribution in [0.3, 0.4) is 0 Å². The highest BCUT2D eigenvalue weighted by Crippen LogP contribution is 2.26. The van der Waals surface area contributed by atoms with E-state index in [0.29, 0.717) is 0 Å². The molecule has 1 atom stereocenters. The van der Waals surface area contributed by atoms with E-state index in [-0.39, 0.29) is 12.0 Å². The summed E-state index contributed by atoms with van der Waals surface area (Å²) in [7, 11) is 0. The molecule has 0 aliphatic carbocycles. The van der Waals surface area contributed by atoms with Crippen LogP contribution in [0.15, 0.2) is 24.3 Å². The van der Waals surface area contributed by atoms with E-state index in [1.807, 2.05) is 13.8 Å². The largest absolute Gasteiger partial charge is 0.491 e. The van der Waals surface area contributed by atoms with Gasteiger partial charge in [0.05, 0.1) is 6.10 Å². The standard InChI is InChI=1S/C13H16N2O3/c1-8(2)18-10-6-4-9(5-7-10)13(3)11(16)14-12(17)15-13/h4-8H,1-3H3,(H2,14,15,16,17)/t13-/m0/s1. The molecule has 2 rings (SSSR count). The molecule has 1 aromatic rings. The smallest absolute Gasteiger partial charge is 0.322 e. The number of rotatable bonds is 3. The van der Waals surface area contributed by atoms with Crippen LogP contribution in [-0.2, 0) is 10.3 Å². The fourth-order valence-corrected chi connectivity index (χ4v) is 1.89. The maximum absolute atomic E-state index is 11.7. The lowest BCUT2D eigenvalue weighted by atomic mass is 9.92. The quantitative estimate of drug-likeness (QED) is 0.797. The average Bonchev–Trinajstić information content (AvgIpc) is 2.53. The molecule has 0 saturated carbocycles. The van der Waals surface area contributed by atoms with Crippen molar-refractivity contribution in [1.29, 1.82) is 0 Å². The van der Waals surface area contributed by atoms with Crippen molar-refractivity contribution in [2.75, 3.05) is 0 Å². The molecule has 18 heavy (non-hydrogen) atoms. The lowest BCUT2D eigenvalue weighted by molar-refractivity contribution is -0.123. The van der Waals surface area contributed by atoms with Crippen molar-refractivity contribution >= 4 is 11.9 Å². The molecule has 1 aromatic carbocycles. The highest BCUT2D eigenvalue weighted by atomic mass is 16.5. The summed E-state index contributed by atoms with van der Waals surface area (Å²) in [6, 6.07) is 6.67. The zero-order valence-electron chi connectivity index (χ0n) is 10.6. The summed E-state index contributed by atoms with van der Waals surface area (Å²) < 4.78 is 5.52. The molecule has 1 aliphatic rings. The molecular weight excluding hydrogens is 232 g/mol. The van der Waals surface area contributed by atoms with E-state index in [1.54, 1.807) is 31.2 Å². The van der Waals surface area contributed by atoms with Crippen LogP contribution in [0.1, 0.15) is 26.3 Å². The molecule has 1 heterocycles. The van der Waals surface area contributed by atoms with Crippen LogP contribution in [-0.4, -0.2) is 18.0 Å². The van der Waals surface area contributed by atoms with Gasteiger partial charge in [0, 0.05) is 0 Å². The molecule has 0 spiro atoms. The molecule has 1 fully saturated rings. The van der Waals surface area contributed by atoms with Crippen molar-refractivity contribution in [3.8, 4) is 5.75 Å². The van der Waals surface area contributed by atoms with Crippen LogP contribution in [0.5, 0.6) is 5.75 Å². The van der Waals surface area contributed by atoms with Gasteiger partial charge < -0.3 is 10.1 Å². The maximum Gasteiger partial charge on any atom is 0.322 e. The molecule has 1 saturated heterocycles. The summed E-state index contributed by atoms with van der Waals surface area (Å²) in [5.41, 5.74) is -0.282. The maximum atomic E-state index is 11.7. The number of carbonyl (C=O) groups excluding carboxylic acids is 2. The second-order valence-corrected chi connectivity index (χ2v) is 4.72. The number of imide groups is 1. The van der Waals surface area contributed by atoms with Gasteiger partial charge in [0.15, 0.2) is 0 Å². The van der Waals surface area contributed by atoms with E-state index in [0.717, 1.165) is 11.3 Å². The second-order valence-electron chi connectivity index (χ2n) is 4.72. The van der Waals surface area contributed by atoms with Gasteiger partial charge in [-0.2, -0.15) is 0 Å². The van der Waals surface area contributed by atoms with Gasteiger partial charge in [-0.15, -0.1) is 0 Å². The minimum Gasteiger partial charge on any atom is -0.491 e. The number of ether oxygens (including phenoxy) is 1. The first-order chi connectivity index (χ1) is 8.41. The predicted octanol–water partition coefficient (Wildman–Crippen LogP) is 1.53. The lowest BCUT2D eigenvalue weighted by Gasteiger charge is -2.21. The summed E-state index contributed by atoms with van der Waals surface area (Å²) in [4.78, 5) is 22.9. The summed E-state index contributed by atoms with van der Waals surface area (Å²) in [5.74, 6) is 0.395. The number of hydrogen-bond acceptors (Lipinski definition) is 3. The number of nitrogens with one attached hydrogen (secondary N) is 2. The third kappa shape index (κ3) is 2.16. The summed E-state index contributed by atoms with van der Waals surface area (Å²) in [6.45, 7) is 5.56. The molecule has 0 radical (unpaired) electrons. The van der Waals surface area contributed by atoms with Crippen LogP contribution in [0.25, 0.3) is 0 Å². The van der Waals surface area contributed by atoms with Crippen molar-refractivity contribution < 1.29 is 14.3 Å². The first-order valence-electron chi connectivity index (χ1n) is 5.82. The van der Waals surface area contributed by atoms with Gasteiger partial charge in [0.25, 0.3) is 5.91 Å². The Morgan fingerprint density at radius 2 is 1.78 bits per heavy atom. The molecule has 5 heteroatoms. The first kappa shape index (κ1) is 12.4. The topological polar surface area (TPSA) is 67.4 Å². The van der Waals surface area contributed by atoms with Crippen LogP contribution >= 0.6 is 0 Å². The second kappa shape index (κ2) is 4.33. The van der Waals surface area contributed by atoms with E-state index in [1.165, 1.54) is 0 Å². The number of amides is 3. The fourth-order valence-electron chi connectivity index (χ4n) is 1.89. The molecule has 2 N–H and O–H groups in total. The third-order valence-corrected chi connectivity index (χ3v) is 2.85. The van der Waals surface area contributed by atoms with Crippen LogP contribution in [0.4, 0.5) is 4.79 Å². The van der Waals surface area contributed by atoms with Crippen LogP contribution in [0.2, 0.25) is 0 Å². The van der Waals surface area contributed by atoms with Gasteiger partial charge >= 0.3 is 6.03 Å². The van der Waals surface area contributed by atoms with Crippen molar-refractivity contribution in [1.82, 2.24) is 10.6 Å². The summed E-state index contributed by atoms with van der Waals surface area (Å²) in [5, 5.41) is 4.85. The third-order valence-electron chi connectivity index (χ3n) is 2.85. The predicted molar refractivity (Wildman–Crippen MR) is 66.2 cm³/mol. The van der Waals surface area contributed by atoms with E-state index >= 15 is 0 Å². The Morgan fingerprint density at radius 1 is 1.17 bits per heavy atom. The Hall–Kier alpha value is -2.04. The summed E-state index contributed by atoms with van der Waals surface area (Å²) >= 11 is 0. The highest BCUT2D eigenvalue weighted by Gasteiger charge is 2.43. The molecular formula is C13H16N2O3. The molecule has 5 nitrogen and oxygen atoms in total. The van der Waals surface area contributed by atoms with Crippen LogP contribution in [0, 0.1) is 0 Å². The minimum absolute atomic E-state index is 0.0981. The Kier molecular flexibility index (Phi) is 2.98. The Bertz CT molecular complexity index is 482. The van der Waals surface area contributed by atoms with E-state index in [4.69, 9.17) is 4.74 Å². The number of hydrogen-bond donors (Lipinski definition) is 2. The summed E-state index contributed by atoms with van der Waals surface area (Å²) in [6.07, 6.45) is 0.0981. The molecule has 3 amide bonds. The van der Waals surface area contributed by atoms with Gasteiger partial charge in [-0.3, -0.25) is 10.1 Å². The normalized spacial score (nSPS) is 22.9. The van der Waals surface area contributed by atoms with Gasteiger partial charge in [-0.25, -0.2) is 4.79 Å². The van der Waals surface area contributed by atoms with Gasteiger partial charge in [0.1, 0.15) is 11.3 Å². The molecule has 0 bridgehead atoms. The molecule has 0 aromatic heterocycles. The highest BCUT2D eigenvalue weighted by molar-refractivity contribution is 6.07. The zero-order valence-corrected chi connectivity index (χ0v) is 10.6. The fraction of sp³-hybridized carbons (Fsp3) is 0.385. The number of carbonyl (C=O) groups is 2. The lowest BCUT2D eigenvalue weighted by Crippen LogP contribution is -2.40. The van der Waals surface area contributed by atoms with E-state index in [9.17, 15) is 9.59 Å². The number of benzene rings is 1. The van der Waals surface area contributed by atoms with Crippen molar-refractivity contribution in [3.63, 3.8) is 0 Å². The van der Waals surface area contributed by atoms with Gasteiger partial charge in [-0.05, 0) is 38.5 Å². The van der Waals surface area contributed by atoms with Gasteiger partial charge in [-0.1, -0.05) is 12.1 Å². The monoisotopic (exact) mass is 248 g/mol. The van der Waals surface area contributed by atoms with Crippen molar-refractivity contribution in [2.45, 2.75) is 32.4 Å². The number of urea groups is 1. The Morgan fingerprint density at radius 3 is 2.22 bits per heavy atom. The Balaban J connectivity index is 2.24. The van der Waals surface area contributed by atoms with E-state index < -0.39 is 11.6 Å². The van der Waals surface area contributed by atoms with Gasteiger partial charge in [0.2, 0.25) is 0 Å². The van der Waals surface area contributed by atoms with Crippen molar-refractivity contribution in [3.05, 3.63) is 29.8 Å². The average molecular weight is 248 g/mol. The van der Waals surface area contributed by atoms with E-state index in [2.05, 4.69) is 10.6 Å². The Labute approximate surface area is 106 Å². The first-order valence-corrected chi connectivity index (χ1v) is 5.82. The SMILES string of the molecule is CC(C)Oc1ccc([C@]2(C)NC(=O)NC2=O)cc1. The minimum atomic E-state index is -1.01. The van der Waals surface area contributed by atoms with Crippen LogP contribution < -0.4 is 15.4 Å².